The van der Waals surface area contributed by atoms with Crippen molar-refractivity contribution >= 4 is 46.6 Å². The molecule has 1 aromatic heterocycles. The van der Waals surface area contributed by atoms with Crippen molar-refractivity contribution in [2.75, 3.05) is 5.32 Å². The maximum atomic E-state index is 12.8. The van der Waals surface area contributed by atoms with Crippen molar-refractivity contribution in [3.05, 3.63) is 82.0 Å². The first-order valence-electron chi connectivity index (χ1n) is 7.80. The molecule has 28 heavy (non-hydrogen) atoms. The molecule has 3 aromatic rings. The van der Waals surface area contributed by atoms with Gasteiger partial charge in [-0.25, -0.2) is 4.98 Å². The van der Waals surface area contributed by atoms with Crippen LogP contribution in [0.15, 0.2) is 70.7 Å². The number of rotatable bonds is 4. The fourth-order valence-electron chi connectivity index (χ4n) is 2.21. The standard InChI is InChI=1S/C19H11Cl2F3N2OS/c20-13-7-5-11(6-8-13)17(27)26-15-3-1-2-4-16(15)28-18-14(21)9-12(10-25-18)19(22,23)24/h1-10H,(H,26,27). The molecule has 0 aliphatic heterocycles. The number of alkyl halides is 3. The van der Waals surface area contributed by atoms with Gasteiger partial charge in [-0.1, -0.05) is 47.1 Å². The Morgan fingerprint density at radius 1 is 1.04 bits per heavy atom. The van der Waals surface area contributed by atoms with Gasteiger partial charge in [0.05, 0.1) is 16.3 Å². The third-order valence-corrected chi connectivity index (χ3v) is 5.33. The van der Waals surface area contributed by atoms with Crippen LogP contribution in [0.25, 0.3) is 0 Å². The Bertz CT molecular complexity index is 1010. The van der Waals surface area contributed by atoms with Gasteiger partial charge in [-0.05, 0) is 42.5 Å². The molecular formula is C19H11Cl2F3N2OS. The summed E-state index contributed by atoms with van der Waals surface area (Å²) < 4.78 is 38.3. The lowest BCUT2D eigenvalue weighted by Gasteiger charge is -2.12. The van der Waals surface area contributed by atoms with Crippen molar-refractivity contribution in [1.82, 2.24) is 4.98 Å². The molecule has 1 amide bonds. The van der Waals surface area contributed by atoms with Gasteiger partial charge < -0.3 is 5.32 Å². The Morgan fingerprint density at radius 2 is 1.71 bits per heavy atom. The summed E-state index contributed by atoms with van der Waals surface area (Å²) in [5.41, 5.74) is -0.0359. The molecule has 1 heterocycles. The van der Waals surface area contributed by atoms with Gasteiger partial charge in [0.2, 0.25) is 0 Å². The highest BCUT2D eigenvalue weighted by atomic mass is 35.5. The fraction of sp³-hybridized carbons (Fsp3) is 0.0526. The number of nitrogens with one attached hydrogen (secondary N) is 1. The van der Waals surface area contributed by atoms with Gasteiger partial charge in [-0.3, -0.25) is 4.79 Å². The largest absolute Gasteiger partial charge is 0.417 e. The fourth-order valence-corrected chi connectivity index (χ4v) is 3.47. The van der Waals surface area contributed by atoms with E-state index in [9.17, 15) is 18.0 Å². The molecular weight excluding hydrogens is 432 g/mol. The van der Waals surface area contributed by atoms with E-state index >= 15 is 0 Å². The van der Waals surface area contributed by atoms with E-state index in [1.54, 1.807) is 48.5 Å². The smallest absolute Gasteiger partial charge is 0.321 e. The van der Waals surface area contributed by atoms with Gasteiger partial charge in [0.25, 0.3) is 5.91 Å². The highest BCUT2D eigenvalue weighted by Crippen LogP contribution is 2.38. The van der Waals surface area contributed by atoms with Crippen LogP contribution in [0.2, 0.25) is 10.0 Å². The van der Waals surface area contributed by atoms with Gasteiger partial charge in [0, 0.05) is 21.7 Å². The van der Waals surface area contributed by atoms with Gasteiger partial charge in [0.1, 0.15) is 5.03 Å². The van der Waals surface area contributed by atoms with E-state index < -0.39 is 11.7 Å². The van der Waals surface area contributed by atoms with Gasteiger partial charge >= 0.3 is 6.18 Å². The number of nitrogens with zero attached hydrogens (tertiary/aromatic N) is 1. The van der Waals surface area contributed by atoms with E-state index in [1.807, 2.05) is 0 Å². The maximum Gasteiger partial charge on any atom is 0.417 e. The van der Waals surface area contributed by atoms with E-state index in [2.05, 4.69) is 10.3 Å². The number of anilines is 1. The Morgan fingerprint density at radius 3 is 2.36 bits per heavy atom. The van der Waals surface area contributed by atoms with Crippen molar-refractivity contribution < 1.29 is 18.0 Å². The average molecular weight is 443 g/mol. The number of para-hydroxylation sites is 1. The minimum atomic E-state index is -4.52. The van der Waals surface area contributed by atoms with E-state index in [4.69, 9.17) is 23.2 Å². The third kappa shape index (κ3) is 4.98. The summed E-state index contributed by atoms with van der Waals surface area (Å²) in [5.74, 6) is -0.351. The summed E-state index contributed by atoms with van der Waals surface area (Å²) in [5, 5.41) is 3.35. The van der Waals surface area contributed by atoms with E-state index in [0.717, 1.165) is 24.0 Å². The van der Waals surface area contributed by atoms with Crippen LogP contribution in [0.5, 0.6) is 0 Å². The first-order valence-corrected chi connectivity index (χ1v) is 9.38. The summed E-state index contributed by atoms with van der Waals surface area (Å²) in [6, 6.07) is 14.0. The number of carbonyl (C=O) groups excluding carboxylic acids is 1. The second-order valence-electron chi connectivity index (χ2n) is 5.57. The third-order valence-electron chi connectivity index (χ3n) is 3.58. The monoisotopic (exact) mass is 442 g/mol. The molecule has 0 unspecified atom stereocenters. The zero-order valence-electron chi connectivity index (χ0n) is 13.9. The minimum absolute atomic E-state index is 0.126. The number of halogens is 5. The Kier molecular flexibility index (Phi) is 6.17. The SMILES string of the molecule is O=C(Nc1ccccc1Sc1ncc(C(F)(F)F)cc1Cl)c1ccc(Cl)cc1. The average Bonchev–Trinajstić information content (AvgIpc) is 2.64. The first kappa shape index (κ1) is 20.5. The molecule has 3 nitrogen and oxygen atoms in total. The molecule has 3 rings (SSSR count). The van der Waals surface area contributed by atoms with Crippen molar-refractivity contribution in [1.29, 1.82) is 0 Å². The summed E-state index contributed by atoms with van der Waals surface area (Å²) in [6.07, 6.45) is -3.80. The normalized spacial score (nSPS) is 11.3. The zero-order valence-corrected chi connectivity index (χ0v) is 16.3. The molecule has 0 bridgehead atoms. The summed E-state index contributed by atoms with van der Waals surface area (Å²) in [4.78, 5) is 16.8. The van der Waals surface area contributed by atoms with Crippen LogP contribution in [0, 0.1) is 0 Å². The molecule has 0 aliphatic rings. The second-order valence-corrected chi connectivity index (χ2v) is 7.44. The van der Waals surface area contributed by atoms with E-state index in [-0.39, 0.29) is 16.0 Å². The maximum absolute atomic E-state index is 12.8. The summed E-state index contributed by atoms with van der Waals surface area (Å²) >= 11 is 12.8. The van der Waals surface area contributed by atoms with Crippen LogP contribution in [0.1, 0.15) is 15.9 Å². The van der Waals surface area contributed by atoms with Crippen molar-refractivity contribution in [2.45, 2.75) is 16.1 Å². The van der Waals surface area contributed by atoms with E-state index in [0.29, 0.717) is 21.2 Å². The van der Waals surface area contributed by atoms with Crippen LogP contribution in [-0.4, -0.2) is 10.9 Å². The molecule has 0 radical (unpaired) electrons. The Hall–Kier alpha value is -2.22. The lowest BCUT2D eigenvalue weighted by Crippen LogP contribution is -2.12. The van der Waals surface area contributed by atoms with E-state index in [1.165, 1.54) is 0 Å². The number of hydrogen-bond acceptors (Lipinski definition) is 3. The van der Waals surface area contributed by atoms with Crippen LogP contribution in [0.3, 0.4) is 0 Å². The molecule has 0 saturated carbocycles. The van der Waals surface area contributed by atoms with Crippen molar-refractivity contribution in [2.24, 2.45) is 0 Å². The summed E-state index contributed by atoms with van der Waals surface area (Å²) in [6.45, 7) is 0. The topological polar surface area (TPSA) is 42.0 Å². The Balaban J connectivity index is 1.83. The van der Waals surface area contributed by atoms with Gasteiger partial charge in [-0.2, -0.15) is 13.2 Å². The minimum Gasteiger partial charge on any atom is -0.321 e. The van der Waals surface area contributed by atoms with Crippen LogP contribution in [-0.2, 0) is 6.18 Å². The number of benzene rings is 2. The molecule has 0 fully saturated rings. The molecule has 9 heteroatoms. The highest BCUT2D eigenvalue weighted by molar-refractivity contribution is 7.99. The number of amides is 1. The molecule has 144 valence electrons. The molecule has 0 saturated heterocycles. The summed E-state index contributed by atoms with van der Waals surface area (Å²) in [7, 11) is 0. The predicted octanol–water partition coefficient (Wildman–Crippen LogP) is 6.81. The number of carbonyl (C=O) groups is 1. The number of aromatic nitrogens is 1. The van der Waals surface area contributed by atoms with Crippen molar-refractivity contribution in [3.8, 4) is 0 Å². The molecule has 0 spiro atoms. The van der Waals surface area contributed by atoms with Crippen LogP contribution < -0.4 is 5.32 Å². The van der Waals surface area contributed by atoms with Gasteiger partial charge in [0.15, 0.2) is 0 Å². The molecule has 0 atom stereocenters. The zero-order chi connectivity index (χ0) is 20.3. The lowest BCUT2D eigenvalue weighted by molar-refractivity contribution is -0.137. The molecule has 0 aliphatic carbocycles. The van der Waals surface area contributed by atoms with Gasteiger partial charge in [-0.15, -0.1) is 0 Å². The molecule has 2 aromatic carbocycles. The highest BCUT2D eigenvalue weighted by Gasteiger charge is 2.31. The number of hydrogen-bond donors (Lipinski definition) is 1. The van der Waals surface area contributed by atoms with Crippen LogP contribution >= 0.6 is 35.0 Å². The molecule has 1 N–H and O–H groups in total. The predicted molar refractivity (Wildman–Crippen MR) is 104 cm³/mol. The number of pyridine rings is 1. The quantitative estimate of drug-likeness (QED) is 0.482. The van der Waals surface area contributed by atoms with Crippen molar-refractivity contribution in [3.63, 3.8) is 0 Å². The lowest BCUT2D eigenvalue weighted by atomic mass is 10.2. The second kappa shape index (κ2) is 8.43. The van der Waals surface area contributed by atoms with Crippen LogP contribution in [0.4, 0.5) is 18.9 Å². The Labute approximate surface area is 172 Å². The first-order chi connectivity index (χ1) is 13.2.